The van der Waals surface area contributed by atoms with Gasteiger partial charge >= 0.3 is 6.18 Å². The van der Waals surface area contributed by atoms with Crippen molar-refractivity contribution >= 4 is 26.6 Å². The molecule has 2 N–H and O–H groups in total. The van der Waals surface area contributed by atoms with Gasteiger partial charge in [-0.25, -0.2) is 8.42 Å². The number of benzene rings is 2. The molecule has 0 aliphatic heterocycles. The summed E-state index contributed by atoms with van der Waals surface area (Å²) in [5.74, 6) is 0.505. The van der Waals surface area contributed by atoms with Gasteiger partial charge < -0.3 is 9.72 Å². The number of rotatable bonds is 7. The number of hydrogen-bond donors (Lipinski definition) is 2. The Morgan fingerprint density at radius 3 is 2.56 bits per heavy atom. The normalized spacial score (nSPS) is 12.2. The number of H-pyrrole nitrogens is 1. The largest absolute Gasteiger partial charge is 0.493 e. The predicted molar refractivity (Wildman–Crippen MR) is 113 cm³/mol. The van der Waals surface area contributed by atoms with E-state index in [2.05, 4.69) is 14.8 Å². The fourth-order valence-electron chi connectivity index (χ4n) is 3.16. The highest BCUT2D eigenvalue weighted by Crippen LogP contribution is 2.30. The summed E-state index contributed by atoms with van der Waals surface area (Å²) in [6.45, 7) is 0.248. The summed E-state index contributed by atoms with van der Waals surface area (Å²) >= 11 is 0. The van der Waals surface area contributed by atoms with Crippen LogP contribution in [0.3, 0.4) is 0 Å². The van der Waals surface area contributed by atoms with Gasteiger partial charge in [-0.05, 0) is 35.9 Å². The number of anilines is 1. The molecule has 0 saturated carbocycles. The summed E-state index contributed by atoms with van der Waals surface area (Å²) in [7, 11) is -2.18. The van der Waals surface area contributed by atoms with Crippen LogP contribution in [0.15, 0.2) is 66.0 Å². The standard InChI is InChI=1S/C21H19F3N4O3S/c1-28-13-17(11-26-28)32(29,30)27-20-12-25-19-7-6-16(10-18(19)20)31-9-8-14-2-4-15(5-3-14)21(22,23)24/h2-7,10-13,25,27H,8-9H2,1H3. The fraction of sp³-hybridized carbons (Fsp3) is 0.190. The number of aromatic nitrogens is 3. The SMILES string of the molecule is Cn1cc(S(=O)(=O)Nc2c[nH]c3ccc(OCCc4ccc(C(F)(F)F)cc4)cc23)cn1. The Morgan fingerprint density at radius 1 is 1.16 bits per heavy atom. The van der Waals surface area contributed by atoms with Crippen molar-refractivity contribution in [3.05, 3.63) is 72.2 Å². The van der Waals surface area contributed by atoms with Gasteiger partial charge in [0.25, 0.3) is 10.0 Å². The second-order valence-electron chi connectivity index (χ2n) is 7.16. The maximum absolute atomic E-state index is 12.7. The first-order chi connectivity index (χ1) is 15.1. The zero-order valence-electron chi connectivity index (χ0n) is 16.8. The molecule has 0 aliphatic rings. The van der Waals surface area contributed by atoms with Crippen molar-refractivity contribution in [1.29, 1.82) is 0 Å². The van der Waals surface area contributed by atoms with Crippen LogP contribution in [0.25, 0.3) is 10.9 Å². The topological polar surface area (TPSA) is 89.0 Å². The van der Waals surface area contributed by atoms with E-state index in [4.69, 9.17) is 4.74 Å². The molecule has 0 saturated heterocycles. The predicted octanol–water partition coefficient (Wildman–Crippen LogP) is 4.34. The van der Waals surface area contributed by atoms with Crippen LogP contribution in [0.4, 0.5) is 18.9 Å². The van der Waals surface area contributed by atoms with Crippen LogP contribution in [0.1, 0.15) is 11.1 Å². The number of sulfonamides is 1. The van der Waals surface area contributed by atoms with Crippen LogP contribution in [-0.4, -0.2) is 29.8 Å². The van der Waals surface area contributed by atoms with Crippen molar-refractivity contribution < 1.29 is 26.3 Å². The molecule has 2 aromatic heterocycles. The van der Waals surface area contributed by atoms with E-state index in [0.29, 0.717) is 34.3 Å². The van der Waals surface area contributed by atoms with Gasteiger partial charge in [-0.3, -0.25) is 9.40 Å². The van der Waals surface area contributed by atoms with E-state index in [0.717, 1.165) is 12.1 Å². The van der Waals surface area contributed by atoms with Gasteiger partial charge in [-0.15, -0.1) is 0 Å². The summed E-state index contributed by atoms with van der Waals surface area (Å²) < 4.78 is 72.8. The molecule has 0 amide bonds. The van der Waals surface area contributed by atoms with Crippen molar-refractivity contribution in [3.63, 3.8) is 0 Å². The molecular formula is C21H19F3N4O3S. The number of aryl methyl sites for hydroxylation is 1. The molecule has 0 spiro atoms. The number of alkyl halides is 3. The third kappa shape index (κ3) is 4.72. The molecule has 0 atom stereocenters. The maximum atomic E-state index is 12.7. The Labute approximate surface area is 181 Å². The Hall–Kier alpha value is -3.47. The minimum Gasteiger partial charge on any atom is -0.493 e. The van der Waals surface area contributed by atoms with Gasteiger partial charge in [0.1, 0.15) is 10.6 Å². The Balaban J connectivity index is 1.44. The Kier molecular flexibility index (Phi) is 5.59. The van der Waals surface area contributed by atoms with Gasteiger partial charge in [0.05, 0.1) is 24.1 Å². The van der Waals surface area contributed by atoms with Crippen molar-refractivity contribution in [1.82, 2.24) is 14.8 Å². The first kappa shape index (κ1) is 21.8. The van der Waals surface area contributed by atoms with Gasteiger partial charge in [0.15, 0.2) is 0 Å². The first-order valence-corrected chi connectivity index (χ1v) is 11.0. The quantitative estimate of drug-likeness (QED) is 0.426. The van der Waals surface area contributed by atoms with Crippen LogP contribution >= 0.6 is 0 Å². The lowest BCUT2D eigenvalue weighted by Crippen LogP contribution is -2.12. The van der Waals surface area contributed by atoms with E-state index in [1.54, 1.807) is 31.4 Å². The molecule has 0 radical (unpaired) electrons. The lowest BCUT2D eigenvalue weighted by atomic mass is 10.1. The van der Waals surface area contributed by atoms with Crippen LogP contribution in [0.2, 0.25) is 0 Å². The number of aromatic amines is 1. The van der Waals surface area contributed by atoms with Crippen molar-refractivity contribution in [2.45, 2.75) is 17.5 Å². The highest BCUT2D eigenvalue weighted by Gasteiger charge is 2.29. The lowest BCUT2D eigenvalue weighted by molar-refractivity contribution is -0.137. The molecule has 7 nitrogen and oxygen atoms in total. The van der Waals surface area contributed by atoms with Crippen LogP contribution < -0.4 is 9.46 Å². The fourth-order valence-corrected chi connectivity index (χ4v) is 4.22. The van der Waals surface area contributed by atoms with Gasteiger partial charge in [-0.1, -0.05) is 12.1 Å². The highest BCUT2D eigenvalue weighted by atomic mass is 32.2. The molecule has 2 heterocycles. The lowest BCUT2D eigenvalue weighted by Gasteiger charge is -2.09. The number of fused-ring (bicyclic) bond motifs is 1. The average Bonchev–Trinajstić information content (AvgIpc) is 3.34. The number of halogens is 3. The van der Waals surface area contributed by atoms with Crippen molar-refractivity contribution in [2.75, 3.05) is 11.3 Å². The Morgan fingerprint density at radius 2 is 1.91 bits per heavy atom. The summed E-state index contributed by atoms with van der Waals surface area (Å²) in [5.41, 5.74) is 1.09. The first-order valence-electron chi connectivity index (χ1n) is 9.53. The third-order valence-electron chi connectivity index (χ3n) is 4.83. The minimum absolute atomic E-state index is 0.0401. The number of ether oxygens (including phenoxy) is 1. The monoisotopic (exact) mass is 464 g/mol. The van der Waals surface area contributed by atoms with E-state index in [9.17, 15) is 21.6 Å². The molecule has 168 valence electrons. The van der Waals surface area contributed by atoms with E-state index in [-0.39, 0.29) is 11.5 Å². The van der Waals surface area contributed by atoms with E-state index < -0.39 is 21.8 Å². The zero-order valence-corrected chi connectivity index (χ0v) is 17.7. The van der Waals surface area contributed by atoms with Crippen LogP contribution in [0, 0.1) is 0 Å². The van der Waals surface area contributed by atoms with Gasteiger partial charge in [0, 0.05) is 36.8 Å². The number of hydrogen-bond acceptors (Lipinski definition) is 4. The smallest absolute Gasteiger partial charge is 0.416 e. The molecular weight excluding hydrogens is 445 g/mol. The summed E-state index contributed by atoms with van der Waals surface area (Å²) in [6, 6.07) is 10.1. The van der Waals surface area contributed by atoms with Crippen molar-refractivity contribution in [3.8, 4) is 5.75 Å². The Bertz CT molecular complexity index is 1340. The van der Waals surface area contributed by atoms with E-state index >= 15 is 0 Å². The molecule has 2 aromatic carbocycles. The highest BCUT2D eigenvalue weighted by molar-refractivity contribution is 7.92. The number of nitrogens with one attached hydrogen (secondary N) is 2. The molecule has 4 rings (SSSR count). The van der Waals surface area contributed by atoms with Crippen LogP contribution in [0.5, 0.6) is 5.75 Å². The summed E-state index contributed by atoms with van der Waals surface area (Å²) in [4.78, 5) is 3.04. The van der Waals surface area contributed by atoms with Crippen LogP contribution in [-0.2, 0) is 29.7 Å². The molecule has 32 heavy (non-hydrogen) atoms. The number of nitrogens with zero attached hydrogens (tertiary/aromatic N) is 2. The molecule has 0 aliphatic carbocycles. The molecule has 0 fully saturated rings. The third-order valence-corrected chi connectivity index (χ3v) is 6.15. The second-order valence-corrected chi connectivity index (χ2v) is 8.84. The van der Waals surface area contributed by atoms with E-state index in [1.165, 1.54) is 29.2 Å². The van der Waals surface area contributed by atoms with Gasteiger partial charge in [0.2, 0.25) is 0 Å². The summed E-state index contributed by atoms with van der Waals surface area (Å²) in [5, 5.41) is 4.49. The minimum atomic E-state index is -4.36. The average molecular weight is 464 g/mol. The molecule has 11 heteroatoms. The zero-order chi connectivity index (χ0) is 22.9. The second kappa shape index (κ2) is 8.23. The molecule has 0 unspecified atom stereocenters. The molecule has 0 bridgehead atoms. The molecule has 4 aromatic rings. The van der Waals surface area contributed by atoms with Crippen molar-refractivity contribution in [2.24, 2.45) is 7.05 Å². The maximum Gasteiger partial charge on any atom is 0.416 e. The van der Waals surface area contributed by atoms with Gasteiger partial charge in [-0.2, -0.15) is 18.3 Å². The summed E-state index contributed by atoms with van der Waals surface area (Å²) in [6.07, 6.45) is 0.256. The van der Waals surface area contributed by atoms with E-state index in [1.807, 2.05) is 0 Å².